The highest BCUT2D eigenvalue weighted by molar-refractivity contribution is 9.10. The number of hydrogen-bond donors (Lipinski definition) is 1. The van der Waals surface area contributed by atoms with Crippen molar-refractivity contribution in [1.29, 1.82) is 0 Å². The Morgan fingerprint density at radius 3 is 2.82 bits per heavy atom. The number of anilines is 1. The van der Waals surface area contributed by atoms with Crippen LogP contribution in [0.5, 0.6) is 0 Å². The fourth-order valence-electron chi connectivity index (χ4n) is 2.77. The number of benzene rings is 1. The minimum absolute atomic E-state index is 0.0301. The van der Waals surface area contributed by atoms with E-state index >= 15 is 0 Å². The van der Waals surface area contributed by atoms with Crippen molar-refractivity contribution in [2.24, 2.45) is 0 Å². The molecular formula is C16H12BrN3OS. The minimum Gasteiger partial charge on any atom is -0.310 e. The zero-order valence-corrected chi connectivity index (χ0v) is 13.9. The van der Waals surface area contributed by atoms with E-state index in [1.165, 1.54) is 5.56 Å². The lowest BCUT2D eigenvalue weighted by Gasteiger charge is -2.22. The van der Waals surface area contributed by atoms with Crippen molar-refractivity contribution in [3.63, 3.8) is 0 Å². The highest BCUT2D eigenvalue weighted by Crippen LogP contribution is 2.38. The van der Waals surface area contributed by atoms with E-state index in [0.717, 1.165) is 21.5 Å². The summed E-state index contributed by atoms with van der Waals surface area (Å²) >= 11 is 5.08. The Morgan fingerprint density at radius 1 is 1.27 bits per heavy atom. The summed E-state index contributed by atoms with van der Waals surface area (Å²) in [4.78, 5) is 12.1. The number of hydrogen-bond acceptors (Lipinski definition) is 3. The summed E-state index contributed by atoms with van der Waals surface area (Å²) < 4.78 is 2.80. The third-order valence-corrected chi connectivity index (χ3v) is 5.07. The highest BCUT2D eigenvalue weighted by atomic mass is 79.9. The van der Waals surface area contributed by atoms with Gasteiger partial charge in [0.2, 0.25) is 5.91 Å². The molecule has 1 N–H and O–H groups in total. The molecule has 0 aliphatic carbocycles. The van der Waals surface area contributed by atoms with E-state index in [1.807, 2.05) is 35.8 Å². The van der Waals surface area contributed by atoms with Crippen LogP contribution < -0.4 is 5.32 Å². The van der Waals surface area contributed by atoms with Gasteiger partial charge in [0, 0.05) is 22.4 Å². The van der Waals surface area contributed by atoms with Crippen LogP contribution in [0.3, 0.4) is 0 Å². The molecular weight excluding hydrogens is 362 g/mol. The fraction of sp³-hybridized carbons (Fsp3) is 0.125. The monoisotopic (exact) mass is 373 g/mol. The molecule has 4 nitrogen and oxygen atoms in total. The maximum absolute atomic E-state index is 12.1. The molecule has 0 saturated heterocycles. The van der Waals surface area contributed by atoms with Crippen molar-refractivity contribution < 1.29 is 4.79 Å². The summed E-state index contributed by atoms with van der Waals surface area (Å²) in [6.07, 6.45) is 2.33. The lowest BCUT2D eigenvalue weighted by Crippen LogP contribution is -2.24. The van der Waals surface area contributed by atoms with Crippen molar-refractivity contribution in [1.82, 2.24) is 9.78 Å². The molecule has 4 rings (SSSR count). The van der Waals surface area contributed by atoms with Crippen LogP contribution in [-0.2, 0) is 4.79 Å². The second-order valence-corrected chi connectivity index (χ2v) is 6.89. The van der Waals surface area contributed by atoms with E-state index in [0.29, 0.717) is 6.42 Å². The van der Waals surface area contributed by atoms with Gasteiger partial charge in [-0.3, -0.25) is 4.79 Å². The number of aromatic nitrogens is 2. The molecule has 0 fully saturated rings. The predicted octanol–water partition coefficient (Wildman–Crippen LogP) is 4.17. The van der Waals surface area contributed by atoms with Crippen LogP contribution in [-0.4, -0.2) is 15.7 Å². The molecule has 2 aromatic heterocycles. The number of nitrogens with zero attached hydrogens (tertiary/aromatic N) is 2. The number of carbonyl (C=O) groups is 1. The quantitative estimate of drug-likeness (QED) is 0.732. The molecule has 3 aromatic rings. The number of nitrogens with one attached hydrogen (secondary N) is 1. The highest BCUT2D eigenvalue weighted by Gasteiger charge is 2.30. The lowest BCUT2D eigenvalue weighted by atomic mass is 9.89. The van der Waals surface area contributed by atoms with Gasteiger partial charge in [0.25, 0.3) is 0 Å². The number of carbonyl (C=O) groups excluding carboxylic acids is 1. The topological polar surface area (TPSA) is 46.9 Å². The van der Waals surface area contributed by atoms with Crippen molar-refractivity contribution in [2.45, 2.75) is 12.3 Å². The van der Waals surface area contributed by atoms with Crippen LogP contribution in [0.15, 0.2) is 51.8 Å². The predicted molar refractivity (Wildman–Crippen MR) is 90.7 cm³/mol. The molecule has 110 valence electrons. The maximum atomic E-state index is 12.1. The maximum Gasteiger partial charge on any atom is 0.226 e. The second-order valence-electron chi connectivity index (χ2n) is 5.20. The molecule has 0 spiro atoms. The molecule has 1 amide bonds. The van der Waals surface area contributed by atoms with Gasteiger partial charge in [-0.1, -0.05) is 15.9 Å². The molecule has 0 saturated carbocycles. The van der Waals surface area contributed by atoms with Crippen LogP contribution in [0.2, 0.25) is 0 Å². The molecule has 0 radical (unpaired) electrons. The average molecular weight is 374 g/mol. The van der Waals surface area contributed by atoms with E-state index in [1.54, 1.807) is 16.0 Å². The molecule has 6 heteroatoms. The zero-order chi connectivity index (χ0) is 15.1. The van der Waals surface area contributed by atoms with Crippen LogP contribution >= 0.6 is 27.3 Å². The van der Waals surface area contributed by atoms with Gasteiger partial charge in [-0.05, 0) is 46.7 Å². The summed E-state index contributed by atoms with van der Waals surface area (Å²) in [5, 5.41) is 11.6. The molecule has 1 aromatic carbocycles. The number of fused-ring (bicyclic) bond motifs is 1. The van der Waals surface area contributed by atoms with Crippen molar-refractivity contribution in [3.05, 3.63) is 62.9 Å². The van der Waals surface area contributed by atoms with Gasteiger partial charge in [0.05, 0.1) is 11.9 Å². The number of amides is 1. The van der Waals surface area contributed by atoms with Crippen LogP contribution in [0.4, 0.5) is 5.82 Å². The normalized spacial score (nSPS) is 17.1. The molecule has 1 aliphatic heterocycles. The number of halogens is 1. The van der Waals surface area contributed by atoms with Gasteiger partial charge in [-0.25, -0.2) is 4.68 Å². The van der Waals surface area contributed by atoms with E-state index in [9.17, 15) is 4.79 Å². The Hall–Kier alpha value is -1.92. The van der Waals surface area contributed by atoms with Gasteiger partial charge in [0.15, 0.2) is 0 Å². The van der Waals surface area contributed by atoms with Crippen molar-refractivity contribution in [3.8, 4) is 5.69 Å². The minimum atomic E-state index is 0.0301. The first-order chi connectivity index (χ1) is 10.7. The second kappa shape index (κ2) is 5.37. The molecule has 0 unspecified atom stereocenters. The molecule has 1 atom stereocenters. The first-order valence-electron chi connectivity index (χ1n) is 6.88. The average Bonchev–Trinajstić information content (AvgIpc) is 3.16. The first kappa shape index (κ1) is 13.7. The first-order valence-corrected chi connectivity index (χ1v) is 8.62. The van der Waals surface area contributed by atoms with Gasteiger partial charge in [-0.15, -0.1) is 0 Å². The van der Waals surface area contributed by atoms with E-state index in [2.05, 4.69) is 37.8 Å². The summed E-state index contributed by atoms with van der Waals surface area (Å²) in [5.41, 5.74) is 3.17. The summed E-state index contributed by atoms with van der Waals surface area (Å²) in [6.45, 7) is 0. The largest absolute Gasteiger partial charge is 0.310 e. The SMILES string of the molecule is O=C1C[C@@H](c2ccsc2)c2cnn(-c3ccc(Br)cc3)c2N1. The number of rotatable bonds is 2. The fourth-order valence-corrected chi connectivity index (χ4v) is 3.75. The molecule has 22 heavy (non-hydrogen) atoms. The van der Waals surface area contributed by atoms with Crippen LogP contribution in [0, 0.1) is 0 Å². The van der Waals surface area contributed by atoms with Crippen LogP contribution in [0.25, 0.3) is 5.69 Å². The third-order valence-electron chi connectivity index (χ3n) is 3.84. The third kappa shape index (κ3) is 2.28. The smallest absolute Gasteiger partial charge is 0.226 e. The summed E-state index contributed by atoms with van der Waals surface area (Å²) in [7, 11) is 0. The molecule has 1 aliphatic rings. The van der Waals surface area contributed by atoms with E-state index in [4.69, 9.17) is 0 Å². The van der Waals surface area contributed by atoms with Crippen molar-refractivity contribution in [2.75, 3.05) is 5.32 Å². The van der Waals surface area contributed by atoms with Crippen molar-refractivity contribution >= 4 is 39.0 Å². The Balaban J connectivity index is 1.82. The lowest BCUT2D eigenvalue weighted by molar-refractivity contribution is -0.116. The summed E-state index contributed by atoms with van der Waals surface area (Å²) in [5.74, 6) is 0.886. The van der Waals surface area contributed by atoms with Gasteiger partial charge < -0.3 is 5.32 Å². The Morgan fingerprint density at radius 2 is 2.09 bits per heavy atom. The van der Waals surface area contributed by atoms with Gasteiger partial charge in [0.1, 0.15) is 5.82 Å². The standard InChI is InChI=1S/C16H12BrN3OS/c17-11-1-3-12(4-2-11)20-16-14(8-18-20)13(7-15(21)19-16)10-5-6-22-9-10/h1-6,8-9,13H,7H2,(H,19,21)/t13-/m0/s1. The van der Waals surface area contributed by atoms with Crippen LogP contribution in [0.1, 0.15) is 23.5 Å². The van der Waals surface area contributed by atoms with Gasteiger partial charge >= 0.3 is 0 Å². The van der Waals surface area contributed by atoms with E-state index in [-0.39, 0.29) is 11.8 Å². The Bertz CT molecular complexity index is 824. The van der Waals surface area contributed by atoms with E-state index < -0.39 is 0 Å². The molecule has 0 bridgehead atoms. The zero-order valence-electron chi connectivity index (χ0n) is 11.5. The van der Waals surface area contributed by atoms with Gasteiger partial charge in [-0.2, -0.15) is 16.4 Å². The summed E-state index contributed by atoms with van der Waals surface area (Å²) in [6, 6.07) is 9.94. The Kier molecular flexibility index (Phi) is 3.35. The molecule has 3 heterocycles. The number of thiophene rings is 1. The Labute approximate surface area is 139 Å².